The maximum absolute atomic E-state index is 13.0. The Kier molecular flexibility index (Phi) is 4.82. The molecule has 1 aromatic carbocycles. The summed E-state index contributed by atoms with van der Waals surface area (Å²) in [6.45, 7) is -3.05. The van der Waals surface area contributed by atoms with Crippen LogP contribution < -0.4 is 9.47 Å². The zero-order valence-electron chi connectivity index (χ0n) is 9.40. The van der Waals surface area contributed by atoms with Crippen molar-refractivity contribution in [3.05, 3.63) is 23.8 Å². The van der Waals surface area contributed by atoms with Crippen molar-refractivity contribution < 1.29 is 32.5 Å². The van der Waals surface area contributed by atoms with Gasteiger partial charge in [-0.05, 0) is 17.7 Å². The Hall–Kier alpha value is -1.92. The summed E-state index contributed by atoms with van der Waals surface area (Å²) in [4.78, 5) is 10.3. The highest BCUT2D eigenvalue weighted by atomic mass is 19.3. The summed E-state index contributed by atoms with van der Waals surface area (Å²) in [6.07, 6.45) is -2.53. The van der Waals surface area contributed by atoms with E-state index >= 15 is 0 Å². The fourth-order valence-corrected chi connectivity index (χ4v) is 1.33. The maximum atomic E-state index is 13.0. The predicted octanol–water partition coefficient (Wildman–Crippen LogP) is 2.26. The van der Waals surface area contributed by atoms with Gasteiger partial charge in [-0.15, -0.1) is 0 Å². The van der Waals surface area contributed by atoms with E-state index in [4.69, 9.17) is 9.84 Å². The Balaban J connectivity index is 2.91. The van der Waals surface area contributed by atoms with Crippen molar-refractivity contribution in [2.75, 3.05) is 7.11 Å². The van der Waals surface area contributed by atoms with E-state index in [1.807, 2.05) is 0 Å². The van der Waals surface area contributed by atoms with Gasteiger partial charge in [0, 0.05) is 6.42 Å². The molecule has 18 heavy (non-hydrogen) atoms. The number of methoxy groups -OCH3 is 1. The first kappa shape index (κ1) is 14.1. The van der Waals surface area contributed by atoms with Crippen molar-refractivity contribution in [3.63, 3.8) is 0 Å². The summed E-state index contributed by atoms with van der Waals surface area (Å²) in [6, 6.07) is 3.81. The number of halogens is 3. The van der Waals surface area contributed by atoms with Crippen molar-refractivity contribution in [3.8, 4) is 11.5 Å². The van der Waals surface area contributed by atoms with Gasteiger partial charge < -0.3 is 14.6 Å². The van der Waals surface area contributed by atoms with Gasteiger partial charge in [0.15, 0.2) is 11.5 Å². The van der Waals surface area contributed by atoms with Gasteiger partial charge >= 0.3 is 12.6 Å². The first-order valence-electron chi connectivity index (χ1n) is 4.92. The maximum Gasteiger partial charge on any atom is 0.387 e. The van der Waals surface area contributed by atoms with Crippen LogP contribution in [-0.2, 0) is 11.2 Å². The number of carboxylic acids is 1. The largest absolute Gasteiger partial charge is 0.493 e. The number of alkyl halides is 3. The summed E-state index contributed by atoms with van der Waals surface area (Å²) in [5, 5.41) is 8.41. The van der Waals surface area contributed by atoms with E-state index in [0.717, 1.165) is 6.07 Å². The minimum atomic E-state index is -3.05. The molecule has 0 aliphatic rings. The Morgan fingerprint density at radius 3 is 2.50 bits per heavy atom. The quantitative estimate of drug-likeness (QED) is 0.856. The molecule has 0 spiro atoms. The Labute approximate surface area is 101 Å². The van der Waals surface area contributed by atoms with Gasteiger partial charge in [-0.3, -0.25) is 0 Å². The number of ether oxygens (including phenoxy) is 2. The average molecular weight is 264 g/mol. The molecule has 1 atom stereocenters. The summed E-state index contributed by atoms with van der Waals surface area (Å²) in [7, 11) is 1.27. The molecule has 0 fully saturated rings. The van der Waals surface area contributed by atoms with Crippen LogP contribution >= 0.6 is 0 Å². The molecule has 1 rings (SSSR count). The first-order valence-corrected chi connectivity index (χ1v) is 4.92. The minimum absolute atomic E-state index is 0.0600. The van der Waals surface area contributed by atoms with Crippen LogP contribution in [0.5, 0.6) is 11.5 Å². The molecule has 7 heteroatoms. The number of hydrogen-bond donors (Lipinski definition) is 1. The molecule has 0 saturated carbocycles. The highest BCUT2D eigenvalue weighted by Gasteiger charge is 2.18. The summed E-state index contributed by atoms with van der Waals surface area (Å²) < 4.78 is 46.2. The Morgan fingerprint density at radius 2 is 2.00 bits per heavy atom. The second kappa shape index (κ2) is 6.13. The lowest BCUT2D eigenvalue weighted by Crippen LogP contribution is -2.17. The number of carbonyl (C=O) groups is 1. The molecule has 0 aromatic heterocycles. The molecular weight excluding hydrogens is 253 g/mol. The van der Waals surface area contributed by atoms with E-state index < -0.39 is 25.2 Å². The molecule has 0 aliphatic heterocycles. The van der Waals surface area contributed by atoms with E-state index in [9.17, 15) is 18.0 Å². The van der Waals surface area contributed by atoms with Crippen molar-refractivity contribution in [2.24, 2.45) is 0 Å². The standard InChI is InChI=1S/C11H11F3O4/c1-17-8-3-2-6(4-7(12)10(15)16)5-9(8)18-11(13)14/h2-3,5,7,11H,4H2,1H3,(H,15,16). The highest BCUT2D eigenvalue weighted by Crippen LogP contribution is 2.30. The lowest BCUT2D eigenvalue weighted by atomic mass is 10.1. The van der Waals surface area contributed by atoms with Gasteiger partial charge in [-0.2, -0.15) is 8.78 Å². The normalized spacial score (nSPS) is 12.3. The second-order valence-corrected chi connectivity index (χ2v) is 3.37. The fourth-order valence-electron chi connectivity index (χ4n) is 1.33. The Bertz CT molecular complexity index is 423. The number of aliphatic carboxylic acids is 1. The molecule has 0 amide bonds. The molecule has 0 radical (unpaired) electrons. The van der Waals surface area contributed by atoms with E-state index in [-0.39, 0.29) is 17.1 Å². The summed E-state index contributed by atoms with van der Waals surface area (Å²) >= 11 is 0. The van der Waals surface area contributed by atoms with Crippen LogP contribution in [0.25, 0.3) is 0 Å². The van der Waals surface area contributed by atoms with E-state index in [0.29, 0.717) is 0 Å². The third-order valence-corrected chi connectivity index (χ3v) is 2.13. The molecule has 0 bridgehead atoms. The van der Waals surface area contributed by atoms with Crippen LogP contribution in [0.1, 0.15) is 5.56 Å². The zero-order valence-corrected chi connectivity index (χ0v) is 9.40. The fraction of sp³-hybridized carbons (Fsp3) is 0.364. The minimum Gasteiger partial charge on any atom is -0.493 e. The van der Waals surface area contributed by atoms with Crippen molar-refractivity contribution >= 4 is 5.97 Å². The lowest BCUT2D eigenvalue weighted by molar-refractivity contribution is -0.142. The number of rotatable bonds is 6. The molecular formula is C11H11F3O4. The predicted molar refractivity (Wildman–Crippen MR) is 55.9 cm³/mol. The summed E-state index contributed by atoms with van der Waals surface area (Å²) in [5.41, 5.74) is 0.223. The smallest absolute Gasteiger partial charge is 0.387 e. The van der Waals surface area contributed by atoms with Gasteiger partial charge in [0.1, 0.15) is 0 Å². The Morgan fingerprint density at radius 1 is 1.33 bits per heavy atom. The molecule has 4 nitrogen and oxygen atoms in total. The highest BCUT2D eigenvalue weighted by molar-refractivity contribution is 5.72. The molecule has 0 heterocycles. The zero-order chi connectivity index (χ0) is 13.7. The topological polar surface area (TPSA) is 55.8 Å². The molecule has 1 aromatic rings. The molecule has 0 aliphatic carbocycles. The van der Waals surface area contributed by atoms with Gasteiger partial charge in [-0.25, -0.2) is 9.18 Å². The van der Waals surface area contributed by atoms with E-state index in [2.05, 4.69) is 4.74 Å². The first-order chi connectivity index (χ1) is 8.43. The SMILES string of the molecule is COc1ccc(CC(F)C(=O)O)cc1OC(F)F. The third kappa shape index (κ3) is 3.83. The second-order valence-electron chi connectivity index (χ2n) is 3.37. The third-order valence-electron chi connectivity index (χ3n) is 2.13. The van der Waals surface area contributed by atoms with Gasteiger partial charge in [0.05, 0.1) is 7.11 Å². The van der Waals surface area contributed by atoms with Gasteiger partial charge in [0.2, 0.25) is 6.17 Å². The number of hydrogen-bond acceptors (Lipinski definition) is 3. The molecule has 100 valence electrons. The van der Waals surface area contributed by atoms with Gasteiger partial charge in [-0.1, -0.05) is 6.07 Å². The molecule has 0 saturated heterocycles. The van der Waals surface area contributed by atoms with Crippen LogP contribution in [0.15, 0.2) is 18.2 Å². The molecule has 1 N–H and O–H groups in total. The average Bonchev–Trinajstić information content (AvgIpc) is 2.28. The van der Waals surface area contributed by atoms with Crippen LogP contribution in [0, 0.1) is 0 Å². The van der Waals surface area contributed by atoms with Crippen molar-refractivity contribution in [1.82, 2.24) is 0 Å². The van der Waals surface area contributed by atoms with Crippen LogP contribution in [0.3, 0.4) is 0 Å². The summed E-state index contributed by atoms with van der Waals surface area (Å²) in [5.74, 6) is -1.81. The van der Waals surface area contributed by atoms with E-state index in [1.165, 1.54) is 19.2 Å². The van der Waals surface area contributed by atoms with Gasteiger partial charge in [0.25, 0.3) is 0 Å². The number of carboxylic acid groups (broad SMARTS) is 1. The van der Waals surface area contributed by atoms with Crippen LogP contribution in [0.2, 0.25) is 0 Å². The van der Waals surface area contributed by atoms with Crippen molar-refractivity contribution in [1.29, 1.82) is 0 Å². The van der Waals surface area contributed by atoms with E-state index in [1.54, 1.807) is 0 Å². The van der Waals surface area contributed by atoms with Crippen molar-refractivity contribution in [2.45, 2.75) is 19.2 Å². The molecule has 1 unspecified atom stereocenters. The lowest BCUT2D eigenvalue weighted by Gasteiger charge is -2.11. The number of benzene rings is 1. The van der Waals surface area contributed by atoms with Crippen LogP contribution in [0.4, 0.5) is 13.2 Å². The van der Waals surface area contributed by atoms with Crippen LogP contribution in [-0.4, -0.2) is 31.0 Å². The monoisotopic (exact) mass is 264 g/mol.